The predicted molar refractivity (Wildman–Crippen MR) is 149 cm³/mol. The number of thioether (sulfide) groups is 1. The zero-order valence-corrected chi connectivity index (χ0v) is 23.1. The van der Waals surface area contributed by atoms with Gasteiger partial charge in [-0.2, -0.15) is 0 Å². The van der Waals surface area contributed by atoms with Crippen LogP contribution in [0.3, 0.4) is 0 Å². The molecular formula is C27H33N5O3S2. The molecule has 8 nitrogen and oxygen atoms in total. The Labute approximate surface area is 226 Å². The number of thiazole rings is 1. The molecule has 0 spiro atoms. The first-order chi connectivity index (χ1) is 17.7. The van der Waals surface area contributed by atoms with Gasteiger partial charge in [-0.05, 0) is 49.7 Å². The third-order valence-corrected chi connectivity index (χ3v) is 8.21. The minimum Gasteiger partial charge on any atom is -0.444 e. The number of hydrogen-bond donors (Lipinski definition) is 2. The lowest BCUT2D eigenvalue weighted by atomic mass is 9.94. The summed E-state index contributed by atoms with van der Waals surface area (Å²) in [7, 11) is 0. The topological polar surface area (TPSA) is 100 Å². The molecule has 2 N–H and O–H groups in total. The van der Waals surface area contributed by atoms with E-state index in [0.29, 0.717) is 29.0 Å². The molecule has 0 unspecified atom stereocenters. The zero-order valence-electron chi connectivity index (χ0n) is 21.5. The van der Waals surface area contributed by atoms with E-state index in [1.54, 1.807) is 22.9 Å². The van der Waals surface area contributed by atoms with E-state index < -0.39 is 0 Å². The summed E-state index contributed by atoms with van der Waals surface area (Å²) < 4.78 is 6.90. The van der Waals surface area contributed by atoms with E-state index >= 15 is 0 Å². The van der Waals surface area contributed by atoms with Gasteiger partial charge < -0.3 is 15.1 Å². The highest BCUT2D eigenvalue weighted by Gasteiger charge is 2.29. The second kappa shape index (κ2) is 12.1. The van der Waals surface area contributed by atoms with Crippen molar-refractivity contribution in [2.45, 2.75) is 55.5 Å². The van der Waals surface area contributed by atoms with E-state index in [9.17, 15) is 9.59 Å². The van der Waals surface area contributed by atoms with E-state index in [4.69, 9.17) is 4.42 Å². The molecule has 0 atom stereocenters. The number of amides is 2. The molecule has 2 aromatic heterocycles. The second-order valence-electron chi connectivity index (χ2n) is 9.96. The maximum Gasteiger partial charge on any atom is 0.247 e. The Morgan fingerprint density at radius 3 is 2.76 bits per heavy atom. The number of carbonyl (C=O) groups excluding carboxylic acids is 2. The van der Waals surface area contributed by atoms with Crippen LogP contribution >= 0.6 is 23.1 Å². The van der Waals surface area contributed by atoms with Gasteiger partial charge in [0.25, 0.3) is 0 Å². The highest BCUT2D eigenvalue weighted by atomic mass is 32.2. The average molecular weight is 540 g/mol. The van der Waals surface area contributed by atoms with Gasteiger partial charge in [-0.1, -0.05) is 50.8 Å². The van der Waals surface area contributed by atoms with E-state index in [-0.39, 0.29) is 23.1 Å². The van der Waals surface area contributed by atoms with Crippen LogP contribution in [-0.2, 0) is 27.3 Å². The molecule has 1 saturated heterocycles. The smallest absolute Gasteiger partial charge is 0.247 e. The van der Waals surface area contributed by atoms with Gasteiger partial charge in [-0.3, -0.25) is 14.5 Å². The fourth-order valence-corrected chi connectivity index (χ4v) is 5.77. The number of hydrogen-bond acceptors (Lipinski definition) is 8. The van der Waals surface area contributed by atoms with Crippen molar-refractivity contribution in [3.63, 3.8) is 0 Å². The largest absolute Gasteiger partial charge is 0.444 e. The van der Waals surface area contributed by atoms with Crippen molar-refractivity contribution >= 4 is 45.7 Å². The van der Waals surface area contributed by atoms with Crippen LogP contribution in [0.2, 0.25) is 0 Å². The van der Waals surface area contributed by atoms with Crippen LogP contribution < -0.4 is 15.5 Å². The standard InChI is InChI=1S/C27H33N5O3S2/c1-5-22(33)31-20-8-6-7-18(13-20)16-32(25(34)19-9-11-28-12-10-19)26-30-15-24(37-26)36-17-23-29-14-21(35-23)27(2,3)4/h5-8,13-15,19,28H,1,9-12,16-17H2,2-4H3,(H,31,33). The Hall–Kier alpha value is -2.95. The molecule has 2 amide bonds. The number of oxazole rings is 1. The van der Waals surface area contributed by atoms with E-state index in [0.717, 1.165) is 41.5 Å². The van der Waals surface area contributed by atoms with Crippen LogP contribution in [-0.4, -0.2) is 34.9 Å². The molecule has 3 aromatic rings. The van der Waals surface area contributed by atoms with Crippen LogP contribution in [0.5, 0.6) is 0 Å². The van der Waals surface area contributed by atoms with Crippen LogP contribution in [0.4, 0.5) is 10.8 Å². The summed E-state index contributed by atoms with van der Waals surface area (Å²) in [5.74, 6) is 1.88. The van der Waals surface area contributed by atoms with Gasteiger partial charge in [0.15, 0.2) is 5.13 Å². The number of rotatable bonds is 9. The predicted octanol–water partition coefficient (Wildman–Crippen LogP) is 5.38. The van der Waals surface area contributed by atoms with Crippen LogP contribution in [0.25, 0.3) is 0 Å². The number of carbonyl (C=O) groups is 2. The molecule has 4 rings (SSSR count). The lowest BCUT2D eigenvalue weighted by Crippen LogP contribution is -2.40. The summed E-state index contributed by atoms with van der Waals surface area (Å²) in [5, 5.41) is 6.77. The van der Waals surface area contributed by atoms with Crippen molar-refractivity contribution in [1.29, 1.82) is 0 Å². The van der Waals surface area contributed by atoms with Crippen molar-refractivity contribution in [2.75, 3.05) is 23.3 Å². The number of anilines is 2. The Kier molecular flexibility index (Phi) is 8.83. The highest BCUT2D eigenvalue weighted by molar-refractivity contribution is 8.00. The van der Waals surface area contributed by atoms with E-state index in [1.165, 1.54) is 17.4 Å². The van der Waals surface area contributed by atoms with E-state index in [1.807, 2.05) is 30.5 Å². The molecule has 196 valence electrons. The Bertz CT molecular complexity index is 1240. The molecule has 1 aliphatic heterocycles. The number of aromatic nitrogens is 2. The van der Waals surface area contributed by atoms with Gasteiger partial charge in [0, 0.05) is 17.0 Å². The van der Waals surface area contributed by atoms with Gasteiger partial charge in [-0.25, -0.2) is 9.97 Å². The minimum atomic E-state index is -0.276. The lowest BCUT2D eigenvalue weighted by Gasteiger charge is -2.28. The Balaban J connectivity index is 1.51. The quantitative estimate of drug-likeness (QED) is 0.278. The highest BCUT2D eigenvalue weighted by Crippen LogP contribution is 2.35. The van der Waals surface area contributed by atoms with Gasteiger partial charge in [-0.15, -0.1) is 11.8 Å². The number of nitrogens with one attached hydrogen (secondary N) is 2. The first kappa shape index (κ1) is 27.1. The second-order valence-corrected chi connectivity index (χ2v) is 12.2. The van der Waals surface area contributed by atoms with Gasteiger partial charge >= 0.3 is 0 Å². The van der Waals surface area contributed by atoms with Crippen molar-refractivity contribution in [1.82, 2.24) is 15.3 Å². The van der Waals surface area contributed by atoms with Crippen LogP contribution in [0, 0.1) is 5.92 Å². The third-order valence-electron chi connectivity index (χ3n) is 6.01. The SMILES string of the molecule is C=CC(=O)Nc1cccc(CN(C(=O)C2CCNCC2)c2ncc(SCc3ncc(C(C)(C)C)o3)s2)c1. The first-order valence-electron chi connectivity index (χ1n) is 12.3. The number of benzene rings is 1. The summed E-state index contributed by atoms with van der Waals surface area (Å²) in [6.07, 6.45) is 6.44. The Morgan fingerprint density at radius 2 is 2.05 bits per heavy atom. The molecule has 1 aliphatic rings. The maximum atomic E-state index is 13.6. The molecule has 1 aromatic carbocycles. The lowest BCUT2D eigenvalue weighted by molar-refractivity contribution is -0.123. The number of nitrogens with zero attached hydrogens (tertiary/aromatic N) is 3. The van der Waals surface area contributed by atoms with Crippen LogP contribution in [0.1, 0.15) is 50.8 Å². The minimum absolute atomic E-state index is 0.0481. The molecule has 37 heavy (non-hydrogen) atoms. The molecule has 1 fully saturated rings. The summed E-state index contributed by atoms with van der Waals surface area (Å²) in [6.45, 7) is 11.8. The molecule has 10 heteroatoms. The van der Waals surface area contributed by atoms with Crippen molar-refractivity contribution in [3.05, 3.63) is 66.5 Å². The summed E-state index contributed by atoms with van der Waals surface area (Å²) in [5.41, 5.74) is 1.48. The van der Waals surface area contributed by atoms with Crippen molar-refractivity contribution in [3.8, 4) is 0 Å². The maximum absolute atomic E-state index is 13.6. The molecular weight excluding hydrogens is 506 g/mol. The fraction of sp³-hybridized carbons (Fsp3) is 0.407. The molecule has 0 aliphatic carbocycles. The number of piperidine rings is 1. The summed E-state index contributed by atoms with van der Waals surface area (Å²) in [4.78, 5) is 36.2. The fourth-order valence-electron chi connectivity index (χ4n) is 3.95. The van der Waals surface area contributed by atoms with Crippen molar-refractivity contribution in [2.24, 2.45) is 5.92 Å². The average Bonchev–Trinajstić information content (AvgIpc) is 3.56. The first-order valence-corrected chi connectivity index (χ1v) is 14.1. The van der Waals surface area contributed by atoms with Gasteiger partial charge in [0.1, 0.15) is 5.76 Å². The zero-order chi connectivity index (χ0) is 26.4. The van der Waals surface area contributed by atoms with Gasteiger partial charge in [0.2, 0.25) is 17.7 Å². The summed E-state index contributed by atoms with van der Waals surface area (Å²) >= 11 is 3.09. The van der Waals surface area contributed by atoms with Crippen molar-refractivity contribution < 1.29 is 14.0 Å². The third kappa shape index (κ3) is 7.30. The monoisotopic (exact) mass is 539 g/mol. The summed E-state index contributed by atoms with van der Waals surface area (Å²) in [6, 6.07) is 7.51. The molecule has 0 saturated carbocycles. The molecule has 0 bridgehead atoms. The normalized spacial score (nSPS) is 14.4. The Morgan fingerprint density at radius 1 is 1.27 bits per heavy atom. The molecule has 0 radical (unpaired) electrons. The van der Waals surface area contributed by atoms with Gasteiger partial charge in [0.05, 0.1) is 28.9 Å². The molecule has 3 heterocycles. The van der Waals surface area contributed by atoms with Crippen LogP contribution in [0.15, 0.2) is 57.9 Å². The van der Waals surface area contributed by atoms with E-state index in [2.05, 4.69) is 48.0 Å².